The fourth-order valence-electron chi connectivity index (χ4n) is 1.94. The van der Waals surface area contributed by atoms with Gasteiger partial charge in [0.25, 0.3) is 0 Å². The Kier molecular flexibility index (Phi) is 4.00. The van der Waals surface area contributed by atoms with Crippen molar-refractivity contribution < 1.29 is 14.3 Å². The zero-order valence-corrected chi connectivity index (χ0v) is 12.0. The second-order valence-corrected chi connectivity index (χ2v) is 5.56. The van der Waals surface area contributed by atoms with Crippen LogP contribution in [0.25, 0.3) is 0 Å². The summed E-state index contributed by atoms with van der Waals surface area (Å²) in [5.41, 5.74) is 2.71. The molecular formula is C15H16O3S. The molecule has 0 radical (unpaired) electrons. The van der Waals surface area contributed by atoms with Crippen LogP contribution in [0.4, 0.5) is 0 Å². The molecule has 0 bridgehead atoms. The Balaban J connectivity index is 2.10. The SMILES string of the molecule is Cc1ccc(SCc2cc(C(=O)O)c(C)o2)c(C)c1. The molecule has 4 heteroatoms. The number of thioether (sulfide) groups is 1. The average molecular weight is 276 g/mol. The van der Waals surface area contributed by atoms with Crippen molar-refractivity contribution in [1.82, 2.24) is 0 Å². The molecule has 1 heterocycles. The monoisotopic (exact) mass is 276 g/mol. The molecule has 0 aliphatic carbocycles. The Hall–Kier alpha value is -1.68. The van der Waals surface area contributed by atoms with Crippen LogP contribution in [-0.4, -0.2) is 11.1 Å². The van der Waals surface area contributed by atoms with Gasteiger partial charge in [-0.05, 0) is 38.5 Å². The molecular weight excluding hydrogens is 260 g/mol. The average Bonchev–Trinajstić information content (AvgIpc) is 2.69. The topological polar surface area (TPSA) is 50.4 Å². The maximum Gasteiger partial charge on any atom is 0.339 e. The molecule has 19 heavy (non-hydrogen) atoms. The number of carboxylic acid groups (broad SMARTS) is 1. The van der Waals surface area contributed by atoms with Crippen LogP contribution >= 0.6 is 11.8 Å². The van der Waals surface area contributed by atoms with E-state index in [0.29, 0.717) is 17.3 Å². The first kappa shape index (κ1) is 13.7. The molecule has 3 nitrogen and oxygen atoms in total. The second kappa shape index (κ2) is 5.53. The fourth-order valence-corrected chi connectivity index (χ4v) is 2.83. The highest BCUT2D eigenvalue weighted by atomic mass is 32.2. The molecule has 1 N–H and O–H groups in total. The number of benzene rings is 1. The van der Waals surface area contributed by atoms with Crippen molar-refractivity contribution in [2.24, 2.45) is 0 Å². The van der Waals surface area contributed by atoms with Crippen LogP contribution in [0.15, 0.2) is 33.6 Å². The third-order valence-corrected chi connectivity index (χ3v) is 4.10. The minimum Gasteiger partial charge on any atom is -0.478 e. The normalized spacial score (nSPS) is 10.7. The Morgan fingerprint density at radius 3 is 2.58 bits per heavy atom. The van der Waals surface area contributed by atoms with Crippen LogP contribution in [0.1, 0.15) is 33.0 Å². The summed E-state index contributed by atoms with van der Waals surface area (Å²) in [7, 11) is 0. The van der Waals surface area contributed by atoms with Gasteiger partial charge in [0.2, 0.25) is 0 Å². The third-order valence-electron chi connectivity index (χ3n) is 2.90. The molecule has 0 aliphatic rings. The first-order valence-corrected chi connectivity index (χ1v) is 6.98. The van der Waals surface area contributed by atoms with E-state index in [1.54, 1.807) is 24.8 Å². The summed E-state index contributed by atoms with van der Waals surface area (Å²) in [6.07, 6.45) is 0. The summed E-state index contributed by atoms with van der Waals surface area (Å²) < 4.78 is 5.46. The third kappa shape index (κ3) is 3.20. The van der Waals surface area contributed by atoms with Crippen molar-refractivity contribution in [2.75, 3.05) is 0 Å². The molecule has 1 aromatic heterocycles. The predicted molar refractivity (Wildman–Crippen MR) is 75.9 cm³/mol. The lowest BCUT2D eigenvalue weighted by atomic mass is 10.2. The second-order valence-electron chi connectivity index (χ2n) is 4.55. The molecule has 0 unspecified atom stereocenters. The highest BCUT2D eigenvalue weighted by molar-refractivity contribution is 7.98. The summed E-state index contributed by atoms with van der Waals surface area (Å²) >= 11 is 1.66. The zero-order valence-electron chi connectivity index (χ0n) is 11.2. The highest BCUT2D eigenvalue weighted by Gasteiger charge is 2.13. The molecule has 1 aromatic carbocycles. The molecule has 0 aliphatic heterocycles. The number of aryl methyl sites for hydroxylation is 3. The molecule has 0 spiro atoms. The van der Waals surface area contributed by atoms with Crippen LogP contribution in [-0.2, 0) is 5.75 Å². The number of carbonyl (C=O) groups is 1. The van der Waals surface area contributed by atoms with E-state index < -0.39 is 5.97 Å². The van der Waals surface area contributed by atoms with Gasteiger partial charge in [-0.25, -0.2) is 4.79 Å². The van der Waals surface area contributed by atoms with Crippen molar-refractivity contribution >= 4 is 17.7 Å². The molecule has 0 saturated carbocycles. The van der Waals surface area contributed by atoms with Gasteiger partial charge in [-0.2, -0.15) is 0 Å². The lowest BCUT2D eigenvalue weighted by molar-refractivity contribution is 0.0695. The lowest BCUT2D eigenvalue weighted by Crippen LogP contribution is -1.94. The van der Waals surface area contributed by atoms with Crippen molar-refractivity contribution in [3.63, 3.8) is 0 Å². The van der Waals surface area contributed by atoms with Crippen LogP contribution in [0.2, 0.25) is 0 Å². The molecule has 2 aromatic rings. The summed E-state index contributed by atoms with van der Waals surface area (Å²) in [6.45, 7) is 5.82. The van der Waals surface area contributed by atoms with Gasteiger partial charge in [-0.15, -0.1) is 11.8 Å². The van der Waals surface area contributed by atoms with Crippen molar-refractivity contribution in [2.45, 2.75) is 31.4 Å². The van der Waals surface area contributed by atoms with Crippen LogP contribution in [0.5, 0.6) is 0 Å². The highest BCUT2D eigenvalue weighted by Crippen LogP contribution is 2.28. The van der Waals surface area contributed by atoms with Gasteiger partial charge < -0.3 is 9.52 Å². The smallest absolute Gasteiger partial charge is 0.339 e. The summed E-state index contributed by atoms with van der Waals surface area (Å²) in [6, 6.07) is 7.90. The first-order valence-electron chi connectivity index (χ1n) is 6.00. The summed E-state index contributed by atoms with van der Waals surface area (Å²) in [4.78, 5) is 12.1. The van der Waals surface area contributed by atoms with E-state index in [2.05, 4.69) is 32.0 Å². The Labute approximate surface area is 116 Å². The van der Waals surface area contributed by atoms with Gasteiger partial charge in [0.15, 0.2) is 0 Å². The van der Waals surface area contributed by atoms with E-state index in [9.17, 15) is 4.79 Å². The molecule has 100 valence electrons. The number of rotatable bonds is 4. The maximum absolute atomic E-state index is 10.9. The predicted octanol–water partition coefficient (Wildman–Crippen LogP) is 4.20. The first-order chi connectivity index (χ1) is 8.97. The Morgan fingerprint density at radius 2 is 2.00 bits per heavy atom. The largest absolute Gasteiger partial charge is 0.478 e. The van der Waals surface area contributed by atoms with Crippen molar-refractivity contribution in [3.05, 3.63) is 52.5 Å². The summed E-state index contributed by atoms with van der Waals surface area (Å²) in [5.74, 6) is 0.852. The van der Waals surface area contributed by atoms with Gasteiger partial charge in [0, 0.05) is 4.90 Å². The van der Waals surface area contributed by atoms with E-state index in [0.717, 1.165) is 0 Å². The van der Waals surface area contributed by atoms with Crippen molar-refractivity contribution in [1.29, 1.82) is 0 Å². The Morgan fingerprint density at radius 1 is 1.26 bits per heavy atom. The number of hydrogen-bond acceptors (Lipinski definition) is 3. The van der Waals surface area contributed by atoms with Crippen LogP contribution in [0, 0.1) is 20.8 Å². The van der Waals surface area contributed by atoms with Gasteiger partial charge in [0.1, 0.15) is 17.1 Å². The number of aromatic carboxylic acids is 1. The van der Waals surface area contributed by atoms with E-state index in [1.807, 2.05) is 0 Å². The van der Waals surface area contributed by atoms with E-state index in [4.69, 9.17) is 9.52 Å². The maximum atomic E-state index is 10.9. The standard InChI is InChI=1S/C15H16O3S/c1-9-4-5-14(10(2)6-9)19-8-12-7-13(15(16)17)11(3)18-12/h4-7H,8H2,1-3H3,(H,16,17). The molecule has 0 amide bonds. The quantitative estimate of drug-likeness (QED) is 0.850. The van der Waals surface area contributed by atoms with E-state index >= 15 is 0 Å². The van der Waals surface area contributed by atoms with Gasteiger partial charge in [-0.1, -0.05) is 17.7 Å². The van der Waals surface area contributed by atoms with Gasteiger partial charge >= 0.3 is 5.97 Å². The molecule has 0 atom stereocenters. The molecule has 2 rings (SSSR count). The number of hydrogen-bond donors (Lipinski definition) is 1. The van der Waals surface area contributed by atoms with Crippen LogP contribution < -0.4 is 0 Å². The number of furan rings is 1. The van der Waals surface area contributed by atoms with Crippen molar-refractivity contribution in [3.8, 4) is 0 Å². The molecule has 0 fully saturated rings. The Bertz CT molecular complexity index is 614. The minimum absolute atomic E-state index is 0.247. The minimum atomic E-state index is -0.941. The van der Waals surface area contributed by atoms with E-state index in [1.165, 1.54) is 16.0 Å². The van der Waals surface area contributed by atoms with E-state index in [-0.39, 0.29) is 5.56 Å². The number of carboxylic acids is 1. The fraction of sp³-hybridized carbons (Fsp3) is 0.267. The van der Waals surface area contributed by atoms with Gasteiger partial charge in [0.05, 0.1) is 5.75 Å². The molecule has 0 saturated heterocycles. The lowest BCUT2D eigenvalue weighted by Gasteiger charge is -2.05. The summed E-state index contributed by atoms with van der Waals surface area (Å²) in [5, 5.41) is 8.97. The zero-order chi connectivity index (χ0) is 14.0. The van der Waals surface area contributed by atoms with Gasteiger partial charge in [-0.3, -0.25) is 0 Å². The van der Waals surface area contributed by atoms with Crippen LogP contribution in [0.3, 0.4) is 0 Å².